The van der Waals surface area contributed by atoms with Crippen LogP contribution in [0.1, 0.15) is 30.0 Å². The van der Waals surface area contributed by atoms with Crippen LogP contribution in [0.5, 0.6) is 5.75 Å². The molecule has 0 aliphatic heterocycles. The van der Waals surface area contributed by atoms with Crippen molar-refractivity contribution in [2.75, 3.05) is 14.2 Å². The van der Waals surface area contributed by atoms with Crippen LogP contribution in [0.4, 0.5) is 0 Å². The first-order valence-corrected chi connectivity index (χ1v) is 7.18. The van der Waals surface area contributed by atoms with E-state index in [1.54, 1.807) is 7.11 Å². The minimum Gasteiger partial charge on any atom is -0.497 e. The number of aryl methyl sites for hydroxylation is 1. The summed E-state index contributed by atoms with van der Waals surface area (Å²) in [5.74, 6) is 0.940. The Labute approximate surface area is 121 Å². The van der Waals surface area contributed by atoms with Crippen molar-refractivity contribution < 1.29 is 4.74 Å². The largest absolute Gasteiger partial charge is 0.497 e. The van der Waals surface area contributed by atoms with Crippen molar-refractivity contribution in [3.05, 3.63) is 65.7 Å². The monoisotopic (exact) mass is 269 g/mol. The van der Waals surface area contributed by atoms with Gasteiger partial charge in [-0.15, -0.1) is 0 Å². The summed E-state index contributed by atoms with van der Waals surface area (Å²) in [6.45, 7) is 0. The van der Waals surface area contributed by atoms with Crippen LogP contribution in [0.15, 0.2) is 54.6 Å². The fraction of sp³-hybridized carbons (Fsp3) is 0.333. The lowest BCUT2D eigenvalue weighted by molar-refractivity contribution is 0.414. The van der Waals surface area contributed by atoms with E-state index in [0.29, 0.717) is 6.04 Å². The van der Waals surface area contributed by atoms with Crippen LogP contribution in [0.2, 0.25) is 0 Å². The molecule has 106 valence electrons. The van der Waals surface area contributed by atoms with Gasteiger partial charge in [0.1, 0.15) is 5.75 Å². The summed E-state index contributed by atoms with van der Waals surface area (Å²) in [4.78, 5) is 0. The van der Waals surface area contributed by atoms with Crippen LogP contribution < -0.4 is 10.1 Å². The lowest BCUT2D eigenvalue weighted by Crippen LogP contribution is -2.16. The predicted octanol–water partition coefficient (Wildman–Crippen LogP) is 3.98. The quantitative estimate of drug-likeness (QED) is 0.821. The SMILES string of the molecule is CNC(CCCc1cccc(OC)c1)c1ccccc1. The molecule has 2 nitrogen and oxygen atoms in total. The molecule has 0 fully saturated rings. The van der Waals surface area contributed by atoms with Crippen molar-refractivity contribution in [2.24, 2.45) is 0 Å². The number of ether oxygens (including phenoxy) is 1. The second kappa shape index (κ2) is 7.71. The summed E-state index contributed by atoms with van der Waals surface area (Å²) in [6.07, 6.45) is 3.38. The van der Waals surface area contributed by atoms with Gasteiger partial charge in [0.05, 0.1) is 7.11 Å². The third-order valence-electron chi connectivity index (χ3n) is 3.64. The maximum absolute atomic E-state index is 5.26. The van der Waals surface area contributed by atoms with Gasteiger partial charge >= 0.3 is 0 Å². The van der Waals surface area contributed by atoms with E-state index in [1.807, 2.05) is 13.1 Å². The zero-order valence-corrected chi connectivity index (χ0v) is 12.3. The molecule has 1 unspecified atom stereocenters. The Kier molecular flexibility index (Phi) is 5.63. The normalized spacial score (nSPS) is 12.1. The van der Waals surface area contributed by atoms with Crippen molar-refractivity contribution in [1.29, 1.82) is 0 Å². The molecular formula is C18H23NO. The fourth-order valence-corrected chi connectivity index (χ4v) is 2.50. The zero-order chi connectivity index (χ0) is 14.2. The van der Waals surface area contributed by atoms with Crippen LogP contribution in [0.3, 0.4) is 0 Å². The molecule has 20 heavy (non-hydrogen) atoms. The molecule has 0 saturated heterocycles. The van der Waals surface area contributed by atoms with Crippen LogP contribution >= 0.6 is 0 Å². The van der Waals surface area contributed by atoms with Crippen molar-refractivity contribution in [3.8, 4) is 5.75 Å². The summed E-state index contributed by atoms with van der Waals surface area (Å²) in [5.41, 5.74) is 2.70. The van der Waals surface area contributed by atoms with E-state index in [1.165, 1.54) is 11.1 Å². The topological polar surface area (TPSA) is 21.3 Å². The van der Waals surface area contributed by atoms with Crippen molar-refractivity contribution in [2.45, 2.75) is 25.3 Å². The molecule has 0 aromatic heterocycles. The third kappa shape index (κ3) is 4.10. The van der Waals surface area contributed by atoms with E-state index in [0.717, 1.165) is 25.0 Å². The maximum Gasteiger partial charge on any atom is 0.119 e. The molecule has 0 bridgehead atoms. The molecule has 1 atom stereocenters. The molecule has 2 heteroatoms. The van der Waals surface area contributed by atoms with Crippen LogP contribution in [0.25, 0.3) is 0 Å². The second-order valence-electron chi connectivity index (χ2n) is 5.00. The molecule has 0 saturated carbocycles. The summed E-state index contributed by atoms with van der Waals surface area (Å²) < 4.78 is 5.26. The highest BCUT2D eigenvalue weighted by Gasteiger charge is 2.08. The van der Waals surface area contributed by atoms with E-state index < -0.39 is 0 Å². The Morgan fingerprint density at radius 1 is 1.05 bits per heavy atom. The van der Waals surface area contributed by atoms with E-state index >= 15 is 0 Å². The van der Waals surface area contributed by atoms with Gasteiger partial charge in [-0.25, -0.2) is 0 Å². The lowest BCUT2D eigenvalue weighted by atomic mass is 9.99. The van der Waals surface area contributed by atoms with Gasteiger partial charge in [-0.3, -0.25) is 0 Å². The van der Waals surface area contributed by atoms with E-state index in [-0.39, 0.29) is 0 Å². The molecule has 2 aromatic carbocycles. The van der Waals surface area contributed by atoms with Gasteiger partial charge in [-0.05, 0) is 49.6 Å². The Hall–Kier alpha value is -1.80. The van der Waals surface area contributed by atoms with Crippen LogP contribution in [-0.4, -0.2) is 14.2 Å². The number of hydrogen-bond acceptors (Lipinski definition) is 2. The average Bonchev–Trinajstić information content (AvgIpc) is 2.52. The number of methoxy groups -OCH3 is 1. The molecule has 1 N–H and O–H groups in total. The number of benzene rings is 2. The highest BCUT2D eigenvalue weighted by atomic mass is 16.5. The highest BCUT2D eigenvalue weighted by molar-refractivity contribution is 5.28. The van der Waals surface area contributed by atoms with E-state index in [4.69, 9.17) is 4.74 Å². The van der Waals surface area contributed by atoms with E-state index in [9.17, 15) is 0 Å². The first-order valence-electron chi connectivity index (χ1n) is 7.18. The summed E-state index contributed by atoms with van der Waals surface area (Å²) in [7, 11) is 3.74. The summed E-state index contributed by atoms with van der Waals surface area (Å²) in [5, 5.41) is 3.40. The molecule has 2 rings (SSSR count). The van der Waals surface area contributed by atoms with Gasteiger partial charge < -0.3 is 10.1 Å². The molecular weight excluding hydrogens is 246 g/mol. The maximum atomic E-state index is 5.26. The highest BCUT2D eigenvalue weighted by Crippen LogP contribution is 2.20. The van der Waals surface area contributed by atoms with Crippen molar-refractivity contribution in [3.63, 3.8) is 0 Å². The van der Waals surface area contributed by atoms with Crippen LogP contribution in [-0.2, 0) is 6.42 Å². The summed E-state index contributed by atoms with van der Waals surface area (Å²) >= 11 is 0. The minimum atomic E-state index is 0.432. The molecule has 0 aliphatic carbocycles. The van der Waals surface area contributed by atoms with Gasteiger partial charge in [0.25, 0.3) is 0 Å². The van der Waals surface area contributed by atoms with Gasteiger partial charge in [-0.1, -0.05) is 42.5 Å². The van der Waals surface area contributed by atoms with Crippen molar-refractivity contribution in [1.82, 2.24) is 5.32 Å². The summed E-state index contributed by atoms with van der Waals surface area (Å²) in [6, 6.07) is 19.4. The predicted molar refractivity (Wildman–Crippen MR) is 84.2 cm³/mol. The Balaban J connectivity index is 1.88. The Bertz CT molecular complexity index is 510. The molecule has 0 heterocycles. The standard InChI is InChI=1S/C18H23NO/c1-19-18(16-10-4-3-5-11-16)13-7-9-15-8-6-12-17(14-15)20-2/h3-6,8,10-12,14,18-19H,7,9,13H2,1-2H3. The molecule has 0 spiro atoms. The van der Waals surface area contributed by atoms with Crippen LogP contribution in [0, 0.1) is 0 Å². The Morgan fingerprint density at radius 2 is 1.85 bits per heavy atom. The van der Waals surface area contributed by atoms with Gasteiger partial charge in [0.2, 0.25) is 0 Å². The number of rotatable bonds is 7. The first-order chi connectivity index (χ1) is 9.83. The van der Waals surface area contributed by atoms with Gasteiger partial charge in [0.15, 0.2) is 0 Å². The van der Waals surface area contributed by atoms with Gasteiger partial charge in [-0.2, -0.15) is 0 Å². The average molecular weight is 269 g/mol. The molecule has 0 radical (unpaired) electrons. The van der Waals surface area contributed by atoms with E-state index in [2.05, 4.69) is 53.8 Å². The van der Waals surface area contributed by atoms with Gasteiger partial charge in [0, 0.05) is 6.04 Å². The molecule has 2 aromatic rings. The molecule has 0 amide bonds. The lowest BCUT2D eigenvalue weighted by Gasteiger charge is -2.16. The zero-order valence-electron chi connectivity index (χ0n) is 12.3. The third-order valence-corrected chi connectivity index (χ3v) is 3.64. The first kappa shape index (κ1) is 14.6. The smallest absolute Gasteiger partial charge is 0.119 e. The Morgan fingerprint density at radius 3 is 2.55 bits per heavy atom. The molecule has 0 aliphatic rings. The number of hydrogen-bond donors (Lipinski definition) is 1. The fourth-order valence-electron chi connectivity index (χ4n) is 2.50. The number of nitrogens with one attached hydrogen (secondary N) is 1. The second-order valence-corrected chi connectivity index (χ2v) is 5.00. The van der Waals surface area contributed by atoms with Crippen molar-refractivity contribution >= 4 is 0 Å². The minimum absolute atomic E-state index is 0.432.